The maximum Gasteiger partial charge on any atom is 0.240 e. The van der Waals surface area contributed by atoms with Gasteiger partial charge in [-0.1, -0.05) is 31.2 Å². The van der Waals surface area contributed by atoms with Crippen molar-refractivity contribution >= 4 is 16.0 Å². The van der Waals surface area contributed by atoms with Gasteiger partial charge in [0, 0.05) is 33.2 Å². The minimum absolute atomic E-state index is 0.0301. The summed E-state index contributed by atoms with van der Waals surface area (Å²) >= 11 is 0. The topological polar surface area (TPSA) is 73.8 Å². The van der Waals surface area contributed by atoms with E-state index in [1.165, 1.54) is 18.6 Å². The highest BCUT2D eigenvalue weighted by Crippen LogP contribution is 2.16. The van der Waals surface area contributed by atoms with Gasteiger partial charge in [-0.2, -0.15) is 0 Å². The second kappa shape index (κ2) is 10.0. The molecule has 1 heterocycles. The van der Waals surface area contributed by atoms with Gasteiger partial charge in [0.15, 0.2) is 5.96 Å². The van der Waals surface area contributed by atoms with E-state index in [9.17, 15) is 12.8 Å². The molecular weight excluding hydrogens is 403 g/mol. The molecule has 1 aliphatic heterocycles. The highest BCUT2D eigenvalue weighted by Gasteiger charge is 2.19. The molecule has 0 saturated carbocycles. The summed E-state index contributed by atoms with van der Waals surface area (Å²) in [7, 11) is -1.94. The summed E-state index contributed by atoms with van der Waals surface area (Å²) in [5.41, 5.74) is 1.41. The minimum atomic E-state index is -3.71. The van der Waals surface area contributed by atoms with E-state index in [1.807, 2.05) is 6.07 Å². The molecule has 1 aliphatic rings. The number of nitrogens with one attached hydrogen (secondary N) is 2. The fourth-order valence-electron chi connectivity index (χ4n) is 3.63. The van der Waals surface area contributed by atoms with E-state index in [1.54, 1.807) is 37.4 Å². The van der Waals surface area contributed by atoms with Gasteiger partial charge in [0.25, 0.3) is 0 Å². The fourth-order valence-corrected chi connectivity index (χ4v) is 4.71. The molecule has 30 heavy (non-hydrogen) atoms. The zero-order valence-corrected chi connectivity index (χ0v) is 18.3. The zero-order valence-electron chi connectivity index (χ0n) is 17.4. The Morgan fingerprint density at radius 3 is 2.60 bits per heavy atom. The van der Waals surface area contributed by atoms with Gasteiger partial charge in [0.2, 0.25) is 10.0 Å². The molecule has 0 aliphatic carbocycles. The fraction of sp³-hybridized carbons (Fsp3) is 0.409. The third kappa shape index (κ3) is 6.03. The van der Waals surface area contributed by atoms with E-state index < -0.39 is 15.8 Å². The maximum absolute atomic E-state index is 13.3. The molecule has 0 aromatic heterocycles. The number of hydrogen-bond donors (Lipinski definition) is 2. The number of sulfonamides is 1. The highest BCUT2D eigenvalue weighted by atomic mass is 32.2. The Labute approximate surface area is 178 Å². The van der Waals surface area contributed by atoms with Crippen LogP contribution in [0.25, 0.3) is 0 Å². The van der Waals surface area contributed by atoms with E-state index in [0.29, 0.717) is 18.0 Å². The number of piperidine rings is 1. The summed E-state index contributed by atoms with van der Waals surface area (Å²) in [6.45, 7) is 4.69. The number of nitrogens with zero attached hydrogens (tertiary/aromatic N) is 2. The predicted molar refractivity (Wildman–Crippen MR) is 117 cm³/mol. The molecule has 162 valence electrons. The molecule has 0 spiro atoms. The average molecular weight is 433 g/mol. The number of rotatable bonds is 6. The van der Waals surface area contributed by atoms with Gasteiger partial charge in [-0.3, -0.25) is 4.99 Å². The van der Waals surface area contributed by atoms with Gasteiger partial charge in [-0.05, 0) is 54.2 Å². The lowest BCUT2D eigenvalue weighted by molar-refractivity contribution is 0.266. The Kier molecular flexibility index (Phi) is 7.44. The summed E-state index contributed by atoms with van der Waals surface area (Å²) in [5.74, 6) is 1.07. The molecular formula is C22H29FN4O2S. The van der Waals surface area contributed by atoms with Gasteiger partial charge in [-0.15, -0.1) is 0 Å². The molecule has 8 heteroatoms. The lowest BCUT2D eigenvalue weighted by Crippen LogP contribution is -2.45. The Bertz CT molecular complexity index is 994. The van der Waals surface area contributed by atoms with Crippen molar-refractivity contribution in [2.45, 2.75) is 37.8 Å². The molecule has 0 radical (unpaired) electrons. The second-order valence-corrected chi connectivity index (χ2v) is 9.46. The molecule has 1 atom stereocenters. The molecule has 6 nitrogen and oxygen atoms in total. The van der Waals surface area contributed by atoms with Crippen LogP contribution in [0.15, 0.2) is 58.4 Å². The van der Waals surface area contributed by atoms with Crippen LogP contribution in [0.3, 0.4) is 0 Å². The molecule has 1 saturated heterocycles. The number of likely N-dealkylation sites (tertiary alicyclic amines) is 1. The van der Waals surface area contributed by atoms with Crippen LogP contribution in [0.2, 0.25) is 0 Å². The van der Waals surface area contributed by atoms with Crippen LogP contribution < -0.4 is 10.0 Å². The van der Waals surface area contributed by atoms with Crippen molar-refractivity contribution in [3.05, 3.63) is 65.5 Å². The molecule has 0 amide bonds. The van der Waals surface area contributed by atoms with Crippen LogP contribution in [0.5, 0.6) is 0 Å². The number of benzene rings is 2. The van der Waals surface area contributed by atoms with Gasteiger partial charge in [0.05, 0.1) is 4.90 Å². The van der Waals surface area contributed by atoms with Crippen LogP contribution in [0, 0.1) is 11.7 Å². The lowest BCUT2D eigenvalue weighted by atomic mass is 10.0. The minimum Gasteiger partial charge on any atom is -0.352 e. The highest BCUT2D eigenvalue weighted by molar-refractivity contribution is 7.89. The Balaban J connectivity index is 1.63. The quantitative estimate of drug-likeness (QED) is 0.543. The zero-order chi connectivity index (χ0) is 21.6. The smallest absolute Gasteiger partial charge is 0.240 e. The Morgan fingerprint density at radius 2 is 1.90 bits per heavy atom. The van der Waals surface area contributed by atoms with E-state index in [4.69, 9.17) is 0 Å². The summed E-state index contributed by atoms with van der Waals surface area (Å²) in [4.78, 5) is 6.80. The van der Waals surface area contributed by atoms with Crippen LogP contribution >= 0.6 is 0 Å². The predicted octanol–water partition coefficient (Wildman–Crippen LogP) is 3.11. The van der Waals surface area contributed by atoms with E-state index in [-0.39, 0.29) is 11.4 Å². The van der Waals surface area contributed by atoms with Crippen molar-refractivity contribution in [2.75, 3.05) is 20.1 Å². The lowest BCUT2D eigenvalue weighted by Gasteiger charge is -2.33. The molecule has 1 unspecified atom stereocenters. The number of aliphatic imine (C=N–C) groups is 1. The van der Waals surface area contributed by atoms with Crippen molar-refractivity contribution < 1.29 is 12.8 Å². The number of guanidine groups is 1. The third-order valence-corrected chi connectivity index (χ3v) is 6.58. The first-order valence-corrected chi connectivity index (χ1v) is 11.6. The monoisotopic (exact) mass is 432 g/mol. The van der Waals surface area contributed by atoms with Crippen LogP contribution in [-0.2, 0) is 23.1 Å². The third-order valence-electron chi connectivity index (χ3n) is 5.18. The van der Waals surface area contributed by atoms with E-state index in [0.717, 1.165) is 31.0 Å². The molecule has 1 fully saturated rings. The standard InChI is InChI=1S/C22H29FN4O2S/c1-17-6-5-11-27(16-17)22(24-2)25-14-19-8-4-10-21(13-19)30(28,29)26-15-18-7-3-9-20(23)12-18/h3-4,7-10,12-13,17,26H,5-6,11,14-16H2,1-2H3,(H,24,25). The molecule has 3 rings (SSSR count). The van der Waals surface area contributed by atoms with E-state index in [2.05, 4.69) is 26.9 Å². The van der Waals surface area contributed by atoms with Crippen molar-refractivity contribution in [1.82, 2.24) is 14.9 Å². The Hall–Kier alpha value is -2.45. The SMILES string of the molecule is CN=C(NCc1cccc(S(=O)(=O)NCc2cccc(F)c2)c1)N1CCCC(C)C1. The van der Waals surface area contributed by atoms with Gasteiger partial charge in [-0.25, -0.2) is 17.5 Å². The van der Waals surface area contributed by atoms with Gasteiger partial charge < -0.3 is 10.2 Å². The second-order valence-electron chi connectivity index (χ2n) is 7.70. The molecule has 2 aromatic rings. The van der Waals surface area contributed by atoms with Gasteiger partial charge in [0.1, 0.15) is 5.82 Å². The summed E-state index contributed by atoms with van der Waals surface area (Å²) < 4.78 is 41.2. The number of halogens is 1. The van der Waals surface area contributed by atoms with Gasteiger partial charge >= 0.3 is 0 Å². The molecule has 2 aromatic carbocycles. The summed E-state index contributed by atoms with van der Waals surface area (Å²) in [6, 6.07) is 12.7. The first-order chi connectivity index (χ1) is 14.4. The molecule has 0 bridgehead atoms. The molecule has 2 N–H and O–H groups in total. The first-order valence-electron chi connectivity index (χ1n) is 10.2. The summed E-state index contributed by atoms with van der Waals surface area (Å²) in [6.07, 6.45) is 2.38. The van der Waals surface area contributed by atoms with E-state index >= 15 is 0 Å². The van der Waals surface area contributed by atoms with Crippen molar-refractivity contribution in [3.8, 4) is 0 Å². The van der Waals surface area contributed by atoms with Crippen molar-refractivity contribution in [3.63, 3.8) is 0 Å². The normalized spacial score (nSPS) is 17.8. The average Bonchev–Trinajstić information content (AvgIpc) is 2.73. The van der Waals surface area contributed by atoms with Crippen LogP contribution in [0.4, 0.5) is 4.39 Å². The maximum atomic E-state index is 13.3. The Morgan fingerprint density at radius 1 is 1.17 bits per heavy atom. The number of hydrogen-bond acceptors (Lipinski definition) is 3. The van der Waals surface area contributed by atoms with Crippen LogP contribution in [0.1, 0.15) is 30.9 Å². The van der Waals surface area contributed by atoms with Crippen molar-refractivity contribution in [2.24, 2.45) is 10.9 Å². The first kappa shape index (κ1) is 22.2. The van der Waals surface area contributed by atoms with Crippen LogP contribution in [-0.4, -0.2) is 39.4 Å². The van der Waals surface area contributed by atoms with Crippen molar-refractivity contribution in [1.29, 1.82) is 0 Å². The summed E-state index contributed by atoms with van der Waals surface area (Å²) in [5, 5.41) is 3.34. The largest absolute Gasteiger partial charge is 0.352 e.